The molecule has 4 aromatic rings. The van der Waals surface area contributed by atoms with Gasteiger partial charge in [0.2, 0.25) is 5.91 Å². The molecule has 144 valence electrons. The number of amides is 1. The van der Waals surface area contributed by atoms with Gasteiger partial charge in [-0.3, -0.25) is 4.79 Å². The first-order valence-electron chi connectivity index (χ1n) is 9.38. The molecule has 0 unspecified atom stereocenters. The van der Waals surface area contributed by atoms with Crippen LogP contribution in [-0.4, -0.2) is 10.5 Å². The minimum atomic E-state index is -0.513. The van der Waals surface area contributed by atoms with Crippen LogP contribution in [0.3, 0.4) is 0 Å². The molecule has 0 fully saturated rings. The molecule has 1 amide bonds. The van der Waals surface area contributed by atoms with Crippen molar-refractivity contribution in [3.63, 3.8) is 0 Å². The molecular weight excluding hydrogens is 364 g/mol. The Bertz CT molecular complexity index is 1150. The van der Waals surface area contributed by atoms with Crippen LogP contribution in [0.2, 0.25) is 0 Å². The van der Waals surface area contributed by atoms with E-state index in [2.05, 4.69) is 5.32 Å². The van der Waals surface area contributed by atoms with Gasteiger partial charge in [0, 0.05) is 12.1 Å². The normalized spacial score (nSPS) is 10.6. The van der Waals surface area contributed by atoms with E-state index < -0.39 is 5.76 Å². The fraction of sp³-hybridized carbons (Fsp3) is 0.0833. The first-order chi connectivity index (χ1) is 14.2. The zero-order valence-electron chi connectivity index (χ0n) is 15.7. The Labute approximate surface area is 168 Å². The van der Waals surface area contributed by atoms with Crippen molar-refractivity contribution in [3.05, 3.63) is 113 Å². The number of nitrogens with zero attached hydrogens (tertiary/aromatic N) is 1. The zero-order chi connectivity index (χ0) is 20.1. The van der Waals surface area contributed by atoms with Gasteiger partial charge in [0.15, 0.2) is 5.76 Å². The number of nitrogens with one attached hydrogen (secondary N) is 1. The highest BCUT2D eigenvalue weighted by molar-refractivity contribution is 5.80. The third kappa shape index (κ3) is 4.19. The molecule has 5 nitrogen and oxygen atoms in total. The van der Waals surface area contributed by atoms with Crippen LogP contribution in [0.1, 0.15) is 11.3 Å². The van der Waals surface area contributed by atoms with E-state index in [1.165, 1.54) is 4.57 Å². The van der Waals surface area contributed by atoms with Crippen LogP contribution in [-0.2, 0) is 17.8 Å². The molecule has 29 heavy (non-hydrogen) atoms. The van der Waals surface area contributed by atoms with E-state index in [0.717, 1.165) is 11.1 Å². The number of para-hydroxylation sites is 1. The van der Waals surface area contributed by atoms with Gasteiger partial charge in [-0.25, -0.2) is 9.36 Å². The molecule has 0 aliphatic heterocycles. The van der Waals surface area contributed by atoms with Gasteiger partial charge in [-0.1, -0.05) is 78.9 Å². The second kappa shape index (κ2) is 8.44. The molecular formula is C24H20N2O3. The van der Waals surface area contributed by atoms with E-state index >= 15 is 0 Å². The van der Waals surface area contributed by atoms with Gasteiger partial charge in [0.05, 0.1) is 17.8 Å². The van der Waals surface area contributed by atoms with E-state index in [1.807, 2.05) is 91.0 Å². The third-order valence-electron chi connectivity index (χ3n) is 4.61. The fourth-order valence-electron chi connectivity index (χ4n) is 3.23. The largest absolute Gasteiger partial charge is 0.424 e. The summed E-state index contributed by atoms with van der Waals surface area (Å²) in [6.45, 7) is 0.424. The lowest BCUT2D eigenvalue weighted by molar-refractivity contribution is -0.120. The summed E-state index contributed by atoms with van der Waals surface area (Å²) < 4.78 is 7.04. The van der Waals surface area contributed by atoms with Crippen molar-refractivity contribution in [3.8, 4) is 17.0 Å². The Balaban J connectivity index is 1.68. The SMILES string of the molecule is O=C(Cc1c(-c2ccccc2)oc(=O)n1-c1ccccc1)NCc1ccccc1. The number of hydrogen-bond donors (Lipinski definition) is 1. The molecule has 0 saturated heterocycles. The molecule has 1 N–H and O–H groups in total. The molecule has 0 saturated carbocycles. The molecule has 0 bridgehead atoms. The van der Waals surface area contributed by atoms with Gasteiger partial charge in [-0.05, 0) is 17.7 Å². The van der Waals surface area contributed by atoms with Crippen LogP contribution < -0.4 is 11.1 Å². The van der Waals surface area contributed by atoms with Crippen LogP contribution in [0.25, 0.3) is 17.0 Å². The van der Waals surface area contributed by atoms with Gasteiger partial charge in [0.1, 0.15) is 0 Å². The minimum Gasteiger partial charge on any atom is -0.407 e. The molecule has 0 spiro atoms. The van der Waals surface area contributed by atoms with Crippen LogP contribution in [0, 0.1) is 0 Å². The van der Waals surface area contributed by atoms with Gasteiger partial charge >= 0.3 is 5.76 Å². The van der Waals surface area contributed by atoms with E-state index in [9.17, 15) is 9.59 Å². The average Bonchev–Trinajstić information content (AvgIpc) is 3.10. The first-order valence-corrected chi connectivity index (χ1v) is 9.38. The monoisotopic (exact) mass is 384 g/mol. The van der Waals surface area contributed by atoms with Gasteiger partial charge in [0.25, 0.3) is 0 Å². The summed E-state index contributed by atoms with van der Waals surface area (Å²) in [5.41, 5.74) is 2.95. The minimum absolute atomic E-state index is 0.0255. The molecule has 4 rings (SSSR count). The maximum absolute atomic E-state index is 12.7. The van der Waals surface area contributed by atoms with Crippen molar-refractivity contribution in [2.24, 2.45) is 0 Å². The van der Waals surface area contributed by atoms with Crippen molar-refractivity contribution in [1.29, 1.82) is 0 Å². The van der Waals surface area contributed by atoms with Crippen molar-refractivity contribution >= 4 is 5.91 Å². The summed E-state index contributed by atoms with van der Waals surface area (Å²) in [5.74, 6) is -0.285. The van der Waals surface area contributed by atoms with Crippen LogP contribution in [0.15, 0.2) is 100 Å². The highest BCUT2D eigenvalue weighted by Gasteiger charge is 2.21. The molecule has 1 aromatic heterocycles. The van der Waals surface area contributed by atoms with Crippen molar-refractivity contribution < 1.29 is 9.21 Å². The lowest BCUT2D eigenvalue weighted by Gasteiger charge is -2.09. The fourth-order valence-corrected chi connectivity index (χ4v) is 3.23. The first kappa shape index (κ1) is 18.5. The van der Waals surface area contributed by atoms with Gasteiger partial charge in [-0.2, -0.15) is 0 Å². The Morgan fingerprint density at radius 1 is 0.828 bits per heavy atom. The highest BCUT2D eigenvalue weighted by Crippen LogP contribution is 2.25. The number of hydrogen-bond acceptors (Lipinski definition) is 3. The molecule has 5 heteroatoms. The maximum atomic E-state index is 12.7. The standard InChI is InChI=1S/C24H20N2O3/c27-22(25-17-18-10-4-1-5-11-18)16-21-23(19-12-6-2-7-13-19)29-24(28)26(21)20-14-8-3-9-15-20/h1-15H,16-17H2,(H,25,27). The van der Waals surface area contributed by atoms with Crippen LogP contribution in [0.5, 0.6) is 0 Å². The smallest absolute Gasteiger partial charge is 0.407 e. The number of carbonyl (C=O) groups is 1. The highest BCUT2D eigenvalue weighted by atomic mass is 16.4. The summed E-state index contributed by atoms with van der Waals surface area (Å²) >= 11 is 0. The second-order valence-corrected chi connectivity index (χ2v) is 6.62. The maximum Gasteiger partial charge on any atom is 0.424 e. The van der Waals surface area contributed by atoms with Crippen molar-refractivity contribution in [1.82, 2.24) is 9.88 Å². The Kier molecular flexibility index (Phi) is 5.38. The Hall–Kier alpha value is -3.86. The summed E-state index contributed by atoms with van der Waals surface area (Å²) in [6.07, 6.45) is 0.0255. The summed E-state index contributed by atoms with van der Waals surface area (Å²) in [6, 6.07) is 28.2. The van der Waals surface area contributed by atoms with E-state index in [0.29, 0.717) is 23.7 Å². The molecule has 0 aliphatic carbocycles. The Morgan fingerprint density at radius 2 is 1.41 bits per heavy atom. The predicted octanol–water partition coefficient (Wildman–Crippen LogP) is 3.96. The summed E-state index contributed by atoms with van der Waals surface area (Å²) in [5, 5.41) is 2.92. The second-order valence-electron chi connectivity index (χ2n) is 6.62. The van der Waals surface area contributed by atoms with Crippen molar-refractivity contribution in [2.45, 2.75) is 13.0 Å². The molecule has 0 radical (unpaired) electrons. The number of aromatic nitrogens is 1. The topological polar surface area (TPSA) is 64.2 Å². The summed E-state index contributed by atoms with van der Waals surface area (Å²) in [7, 11) is 0. The zero-order valence-corrected chi connectivity index (χ0v) is 15.7. The molecule has 0 aliphatic rings. The van der Waals surface area contributed by atoms with Gasteiger partial charge in [-0.15, -0.1) is 0 Å². The van der Waals surface area contributed by atoms with E-state index in [4.69, 9.17) is 4.42 Å². The van der Waals surface area contributed by atoms with E-state index in [1.54, 1.807) is 0 Å². The summed E-state index contributed by atoms with van der Waals surface area (Å²) in [4.78, 5) is 25.4. The predicted molar refractivity (Wildman–Crippen MR) is 112 cm³/mol. The molecule has 0 atom stereocenters. The quantitative estimate of drug-likeness (QED) is 0.547. The van der Waals surface area contributed by atoms with Crippen LogP contribution in [0.4, 0.5) is 0 Å². The molecule has 3 aromatic carbocycles. The van der Waals surface area contributed by atoms with Crippen molar-refractivity contribution in [2.75, 3.05) is 0 Å². The molecule has 1 heterocycles. The lowest BCUT2D eigenvalue weighted by Crippen LogP contribution is -2.26. The van der Waals surface area contributed by atoms with Gasteiger partial charge < -0.3 is 9.73 Å². The lowest BCUT2D eigenvalue weighted by atomic mass is 10.1. The third-order valence-corrected chi connectivity index (χ3v) is 4.61. The van der Waals surface area contributed by atoms with E-state index in [-0.39, 0.29) is 12.3 Å². The number of rotatable bonds is 6. The number of carbonyl (C=O) groups excluding carboxylic acids is 1. The Morgan fingerprint density at radius 3 is 2.07 bits per heavy atom. The number of benzene rings is 3. The number of oxazole rings is 1. The average molecular weight is 384 g/mol. The van der Waals surface area contributed by atoms with Crippen LogP contribution >= 0.6 is 0 Å².